The van der Waals surface area contributed by atoms with Gasteiger partial charge in [0.05, 0.1) is 0 Å². The number of hydrogen-bond acceptors (Lipinski definition) is 4. The van der Waals surface area contributed by atoms with Crippen LogP contribution in [-0.4, -0.2) is 15.7 Å². The summed E-state index contributed by atoms with van der Waals surface area (Å²) >= 11 is 1.04. The molecular weight excluding hydrogens is 262 g/mol. The first-order valence-corrected chi connectivity index (χ1v) is 6.68. The fourth-order valence-corrected chi connectivity index (χ4v) is 2.50. The van der Waals surface area contributed by atoms with Crippen LogP contribution >= 0.6 is 11.3 Å². The van der Waals surface area contributed by atoms with Gasteiger partial charge in [0.25, 0.3) is 0 Å². The van der Waals surface area contributed by atoms with Crippen molar-refractivity contribution in [1.82, 2.24) is 9.78 Å². The van der Waals surface area contributed by atoms with E-state index in [0.29, 0.717) is 5.01 Å². The number of aryl methyl sites for hydroxylation is 3. The highest BCUT2D eigenvalue weighted by molar-refractivity contribution is 7.08. The lowest BCUT2D eigenvalue weighted by molar-refractivity contribution is -0.116. The van der Waals surface area contributed by atoms with Crippen LogP contribution in [0, 0.1) is 20.8 Å². The summed E-state index contributed by atoms with van der Waals surface area (Å²) in [6.07, 6.45) is 0. The van der Waals surface area contributed by atoms with Crippen molar-refractivity contribution in [3.63, 3.8) is 0 Å². The summed E-state index contributed by atoms with van der Waals surface area (Å²) in [7, 11) is 0. The molecule has 1 aromatic carbocycles. The number of rotatable bonds is 3. The molecule has 0 fully saturated rings. The van der Waals surface area contributed by atoms with Gasteiger partial charge in [-0.2, -0.15) is 5.10 Å². The zero-order valence-corrected chi connectivity index (χ0v) is 11.9. The molecular formula is C13H15N3O2S. The molecule has 5 nitrogen and oxygen atoms in total. The van der Waals surface area contributed by atoms with Crippen molar-refractivity contribution in [1.29, 1.82) is 0 Å². The van der Waals surface area contributed by atoms with Gasteiger partial charge in [-0.3, -0.25) is 9.59 Å². The highest BCUT2D eigenvalue weighted by Crippen LogP contribution is 2.13. The van der Waals surface area contributed by atoms with Crippen LogP contribution in [0.15, 0.2) is 23.0 Å². The number of carbonyl (C=O) groups is 1. The van der Waals surface area contributed by atoms with Crippen LogP contribution in [0.25, 0.3) is 0 Å². The third kappa shape index (κ3) is 3.51. The normalized spacial score (nSPS) is 10.5. The van der Waals surface area contributed by atoms with Gasteiger partial charge in [-0.25, -0.2) is 4.68 Å². The molecule has 0 aliphatic rings. The van der Waals surface area contributed by atoms with Crippen LogP contribution < -0.4 is 10.2 Å². The number of anilines is 1. The fraction of sp³-hybridized carbons (Fsp3) is 0.308. The second-order valence-corrected chi connectivity index (χ2v) is 5.61. The molecule has 0 saturated carbocycles. The first-order valence-electron chi connectivity index (χ1n) is 5.87. The number of nitrogens with one attached hydrogen (secondary N) is 1. The molecule has 100 valence electrons. The Balaban J connectivity index is 2.09. The van der Waals surface area contributed by atoms with Crippen molar-refractivity contribution in [2.75, 3.05) is 5.32 Å². The molecule has 1 N–H and O–H groups in total. The maximum Gasteiger partial charge on any atom is 0.325 e. The molecule has 0 aliphatic carbocycles. The van der Waals surface area contributed by atoms with Crippen molar-refractivity contribution >= 4 is 22.9 Å². The third-order valence-electron chi connectivity index (χ3n) is 2.51. The summed E-state index contributed by atoms with van der Waals surface area (Å²) in [5.41, 5.74) is 2.90. The lowest BCUT2D eigenvalue weighted by atomic mass is 10.1. The van der Waals surface area contributed by atoms with Gasteiger partial charge in [0, 0.05) is 5.69 Å². The number of nitrogens with zero attached hydrogens (tertiary/aromatic N) is 2. The number of benzene rings is 1. The summed E-state index contributed by atoms with van der Waals surface area (Å²) in [4.78, 5) is 23.1. The van der Waals surface area contributed by atoms with Crippen LogP contribution in [0.4, 0.5) is 5.69 Å². The second kappa shape index (κ2) is 5.36. The van der Waals surface area contributed by atoms with Crippen LogP contribution in [-0.2, 0) is 11.3 Å². The Bertz CT molecular complexity index is 653. The maximum atomic E-state index is 11.9. The molecule has 19 heavy (non-hydrogen) atoms. The van der Waals surface area contributed by atoms with Gasteiger partial charge >= 0.3 is 4.87 Å². The Morgan fingerprint density at radius 3 is 2.42 bits per heavy atom. The lowest BCUT2D eigenvalue weighted by Gasteiger charge is -2.07. The standard InChI is InChI=1S/C13H15N3O2S/c1-8-4-9(2)6-11(5-8)14-12(17)7-16-13(18)19-10(3)15-16/h4-6H,7H2,1-3H3,(H,14,17). The summed E-state index contributed by atoms with van der Waals surface area (Å²) in [6.45, 7) is 5.62. The topological polar surface area (TPSA) is 64.0 Å². The number of carbonyl (C=O) groups excluding carboxylic acids is 1. The van der Waals surface area contributed by atoms with Gasteiger partial charge in [-0.05, 0) is 44.0 Å². The van der Waals surface area contributed by atoms with Gasteiger partial charge in [0.1, 0.15) is 11.6 Å². The average molecular weight is 277 g/mol. The van der Waals surface area contributed by atoms with Crippen LogP contribution in [0.1, 0.15) is 16.1 Å². The van der Waals surface area contributed by atoms with Gasteiger partial charge in [-0.15, -0.1) is 0 Å². The monoisotopic (exact) mass is 277 g/mol. The van der Waals surface area contributed by atoms with E-state index >= 15 is 0 Å². The molecule has 2 rings (SSSR count). The summed E-state index contributed by atoms with van der Waals surface area (Å²) < 4.78 is 1.18. The van der Waals surface area contributed by atoms with Crippen molar-refractivity contribution in [2.45, 2.75) is 27.3 Å². The van der Waals surface area contributed by atoms with Crippen LogP contribution in [0.3, 0.4) is 0 Å². The maximum absolute atomic E-state index is 11.9. The SMILES string of the molecule is Cc1cc(C)cc(NC(=O)Cn2nc(C)sc2=O)c1. The Morgan fingerprint density at radius 1 is 1.26 bits per heavy atom. The zero-order chi connectivity index (χ0) is 14.0. The predicted molar refractivity (Wildman–Crippen MR) is 75.7 cm³/mol. The molecule has 0 aliphatic heterocycles. The first kappa shape index (κ1) is 13.5. The van der Waals surface area contributed by atoms with E-state index in [2.05, 4.69) is 10.4 Å². The van der Waals surface area contributed by atoms with Gasteiger partial charge in [0.2, 0.25) is 5.91 Å². The van der Waals surface area contributed by atoms with E-state index < -0.39 is 0 Å². The van der Waals surface area contributed by atoms with Crippen LogP contribution in [0.2, 0.25) is 0 Å². The number of hydrogen-bond donors (Lipinski definition) is 1. The molecule has 0 bridgehead atoms. The zero-order valence-electron chi connectivity index (χ0n) is 11.1. The Labute approximate surface area is 114 Å². The van der Waals surface area contributed by atoms with Gasteiger partial charge in [0.15, 0.2) is 0 Å². The average Bonchev–Trinajstić information content (AvgIpc) is 2.55. The smallest absolute Gasteiger partial charge is 0.324 e. The molecule has 0 spiro atoms. The van der Waals surface area contributed by atoms with Gasteiger partial charge < -0.3 is 5.32 Å². The summed E-state index contributed by atoms with van der Waals surface area (Å²) in [5.74, 6) is -0.252. The van der Waals surface area contributed by atoms with Crippen LogP contribution in [0.5, 0.6) is 0 Å². The molecule has 0 atom stereocenters. The first-order chi connectivity index (χ1) is 8.94. The minimum absolute atomic E-state index is 0.0594. The molecule has 2 aromatic rings. The lowest BCUT2D eigenvalue weighted by Crippen LogP contribution is -2.25. The largest absolute Gasteiger partial charge is 0.325 e. The van der Waals surface area contributed by atoms with Crippen molar-refractivity contribution in [3.8, 4) is 0 Å². The quantitative estimate of drug-likeness (QED) is 0.931. The summed E-state index contributed by atoms with van der Waals surface area (Å²) in [5, 5.41) is 7.42. The molecule has 1 heterocycles. The van der Waals surface area contributed by atoms with E-state index in [1.165, 1.54) is 4.68 Å². The Kier molecular flexibility index (Phi) is 3.80. The van der Waals surface area contributed by atoms with E-state index in [4.69, 9.17) is 0 Å². The van der Waals surface area contributed by atoms with Crippen molar-refractivity contribution in [2.24, 2.45) is 0 Å². The molecule has 0 saturated heterocycles. The fourth-order valence-electron chi connectivity index (χ4n) is 1.89. The summed E-state index contributed by atoms with van der Waals surface area (Å²) in [6, 6.07) is 5.81. The molecule has 0 radical (unpaired) electrons. The Hall–Kier alpha value is -1.95. The minimum Gasteiger partial charge on any atom is -0.324 e. The van der Waals surface area contributed by atoms with E-state index in [1.54, 1.807) is 6.92 Å². The van der Waals surface area contributed by atoms with E-state index in [-0.39, 0.29) is 17.3 Å². The molecule has 1 amide bonds. The molecule has 6 heteroatoms. The third-order valence-corrected chi connectivity index (χ3v) is 3.27. The molecule has 1 aromatic heterocycles. The van der Waals surface area contributed by atoms with Gasteiger partial charge in [-0.1, -0.05) is 17.4 Å². The minimum atomic E-state index is -0.252. The van der Waals surface area contributed by atoms with E-state index in [1.807, 2.05) is 32.0 Å². The second-order valence-electron chi connectivity index (χ2n) is 4.47. The Morgan fingerprint density at radius 2 is 1.89 bits per heavy atom. The number of aromatic nitrogens is 2. The predicted octanol–water partition coefficient (Wildman–Crippen LogP) is 1.87. The number of amides is 1. The van der Waals surface area contributed by atoms with Crippen molar-refractivity contribution in [3.05, 3.63) is 44.0 Å². The van der Waals surface area contributed by atoms with Crippen molar-refractivity contribution < 1.29 is 4.79 Å². The molecule has 0 unspecified atom stereocenters. The highest BCUT2D eigenvalue weighted by Gasteiger charge is 2.09. The highest BCUT2D eigenvalue weighted by atomic mass is 32.1. The van der Waals surface area contributed by atoms with E-state index in [0.717, 1.165) is 28.2 Å². The van der Waals surface area contributed by atoms with E-state index in [9.17, 15) is 9.59 Å².